The number of hydrogen-bond acceptors (Lipinski definition) is 5. The summed E-state index contributed by atoms with van der Waals surface area (Å²) in [4.78, 5) is 21.9. The number of primary amides is 1. The Kier molecular flexibility index (Phi) is 4.74. The number of carbonyl (C=O) groups excluding carboxylic acids is 1. The maximum Gasteiger partial charge on any atom is 0.311 e. The van der Waals surface area contributed by atoms with Gasteiger partial charge in [0, 0.05) is 12.1 Å². The molecule has 0 spiro atoms. The first-order chi connectivity index (χ1) is 10.0. The molecule has 1 aromatic rings. The summed E-state index contributed by atoms with van der Waals surface area (Å²) in [5.74, 6) is -0.365. The second-order valence-corrected chi connectivity index (χ2v) is 5.12. The summed E-state index contributed by atoms with van der Waals surface area (Å²) >= 11 is 0. The van der Waals surface area contributed by atoms with E-state index in [0.717, 1.165) is 18.4 Å². The zero-order valence-corrected chi connectivity index (χ0v) is 11.9. The molecule has 7 nitrogen and oxygen atoms in total. The molecule has 1 atom stereocenters. The van der Waals surface area contributed by atoms with E-state index in [1.54, 1.807) is 12.1 Å². The van der Waals surface area contributed by atoms with Crippen molar-refractivity contribution in [3.63, 3.8) is 0 Å². The Hall–Kier alpha value is -2.15. The molecule has 1 fully saturated rings. The van der Waals surface area contributed by atoms with Crippen LogP contribution in [0.15, 0.2) is 18.2 Å². The average Bonchev–Trinajstić information content (AvgIpc) is 3.26. The molecule has 3 N–H and O–H groups in total. The molecular weight excluding hydrogens is 274 g/mol. The van der Waals surface area contributed by atoms with Gasteiger partial charge in [-0.3, -0.25) is 14.9 Å². The molecule has 21 heavy (non-hydrogen) atoms. The van der Waals surface area contributed by atoms with Crippen LogP contribution in [0, 0.1) is 10.1 Å². The molecule has 1 amide bonds. The number of rotatable bonds is 8. The Morgan fingerprint density at radius 2 is 2.29 bits per heavy atom. The van der Waals surface area contributed by atoms with Gasteiger partial charge in [0.15, 0.2) is 5.75 Å². The lowest BCUT2D eigenvalue weighted by Crippen LogP contribution is -2.46. The predicted molar refractivity (Wildman–Crippen MR) is 77.1 cm³/mol. The van der Waals surface area contributed by atoms with Crippen LogP contribution >= 0.6 is 0 Å². The molecule has 0 radical (unpaired) electrons. The fraction of sp³-hybridized carbons (Fsp3) is 0.500. The molecule has 0 aromatic heterocycles. The van der Waals surface area contributed by atoms with E-state index in [-0.39, 0.29) is 18.0 Å². The lowest BCUT2D eigenvalue weighted by atomic mass is 10.1. The van der Waals surface area contributed by atoms with Crippen LogP contribution in [-0.4, -0.2) is 29.5 Å². The van der Waals surface area contributed by atoms with Crippen LogP contribution in [0.4, 0.5) is 5.69 Å². The van der Waals surface area contributed by atoms with E-state index in [4.69, 9.17) is 10.5 Å². The van der Waals surface area contributed by atoms with Gasteiger partial charge in [-0.25, -0.2) is 0 Å². The van der Waals surface area contributed by atoms with Crippen molar-refractivity contribution < 1.29 is 14.5 Å². The number of nitrogens with zero attached hydrogens (tertiary/aromatic N) is 1. The number of nitrogens with one attached hydrogen (secondary N) is 1. The molecule has 114 valence electrons. The van der Waals surface area contributed by atoms with Crippen molar-refractivity contribution in [3.05, 3.63) is 33.9 Å². The van der Waals surface area contributed by atoms with E-state index in [1.165, 1.54) is 6.07 Å². The van der Waals surface area contributed by atoms with Gasteiger partial charge in [0.25, 0.3) is 0 Å². The second kappa shape index (κ2) is 6.53. The molecule has 0 bridgehead atoms. The fourth-order valence-corrected chi connectivity index (χ4v) is 1.97. The Labute approximate surface area is 122 Å². The van der Waals surface area contributed by atoms with Crippen LogP contribution < -0.4 is 15.8 Å². The summed E-state index contributed by atoms with van der Waals surface area (Å²) < 4.78 is 5.45. The number of hydrogen-bond donors (Lipinski definition) is 2. The SMILES string of the molecule is CCc1ccc(OCC(NC2CC2)C(N)=O)c([N+](=O)[O-])c1. The molecular formula is C14H19N3O4. The number of nitro groups is 1. The summed E-state index contributed by atoms with van der Waals surface area (Å²) in [5.41, 5.74) is 6.07. The summed E-state index contributed by atoms with van der Waals surface area (Å²) in [6.45, 7) is 1.90. The van der Waals surface area contributed by atoms with Crippen molar-refractivity contribution in [1.29, 1.82) is 0 Å². The van der Waals surface area contributed by atoms with Gasteiger partial charge in [0.05, 0.1) is 4.92 Å². The van der Waals surface area contributed by atoms with E-state index in [9.17, 15) is 14.9 Å². The molecule has 0 saturated heterocycles. The lowest BCUT2D eigenvalue weighted by molar-refractivity contribution is -0.385. The lowest BCUT2D eigenvalue weighted by Gasteiger charge is -2.16. The molecule has 2 rings (SSSR count). The van der Waals surface area contributed by atoms with E-state index >= 15 is 0 Å². The maximum absolute atomic E-state index is 11.3. The van der Waals surface area contributed by atoms with Crippen molar-refractivity contribution in [3.8, 4) is 5.75 Å². The smallest absolute Gasteiger partial charge is 0.311 e. The highest BCUT2D eigenvalue weighted by Crippen LogP contribution is 2.28. The fourth-order valence-electron chi connectivity index (χ4n) is 1.97. The minimum atomic E-state index is -0.636. The largest absolute Gasteiger partial charge is 0.485 e. The first-order valence-corrected chi connectivity index (χ1v) is 6.96. The third-order valence-electron chi connectivity index (χ3n) is 3.39. The molecule has 0 aliphatic heterocycles. The average molecular weight is 293 g/mol. The molecule has 1 unspecified atom stereocenters. The predicted octanol–water partition coefficient (Wildman–Crippen LogP) is 1.14. The molecule has 1 saturated carbocycles. The van der Waals surface area contributed by atoms with Gasteiger partial charge >= 0.3 is 5.69 Å². The highest BCUT2D eigenvalue weighted by atomic mass is 16.6. The monoisotopic (exact) mass is 293 g/mol. The van der Waals surface area contributed by atoms with Crippen molar-refractivity contribution in [1.82, 2.24) is 5.32 Å². The zero-order valence-electron chi connectivity index (χ0n) is 11.9. The summed E-state index contributed by atoms with van der Waals surface area (Å²) in [6, 6.07) is 4.48. The van der Waals surface area contributed by atoms with Crippen LogP contribution in [0.25, 0.3) is 0 Å². The van der Waals surface area contributed by atoms with E-state index in [1.807, 2.05) is 6.92 Å². The third-order valence-corrected chi connectivity index (χ3v) is 3.39. The summed E-state index contributed by atoms with van der Waals surface area (Å²) in [7, 11) is 0. The Balaban J connectivity index is 2.06. The molecule has 1 aromatic carbocycles. The van der Waals surface area contributed by atoms with Crippen molar-refractivity contribution in [2.75, 3.05) is 6.61 Å². The van der Waals surface area contributed by atoms with Crippen LogP contribution in [0.2, 0.25) is 0 Å². The summed E-state index contributed by atoms with van der Waals surface area (Å²) in [5, 5.41) is 14.1. The van der Waals surface area contributed by atoms with Gasteiger partial charge < -0.3 is 15.8 Å². The highest BCUT2D eigenvalue weighted by Gasteiger charge is 2.28. The van der Waals surface area contributed by atoms with Gasteiger partial charge in [0.2, 0.25) is 5.91 Å². The third kappa shape index (κ3) is 4.16. The minimum Gasteiger partial charge on any atom is -0.485 e. The van der Waals surface area contributed by atoms with E-state index < -0.39 is 16.9 Å². The Bertz CT molecular complexity index is 543. The molecule has 0 heterocycles. The van der Waals surface area contributed by atoms with Crippen molar-refractivity contribution in [2.24, 2.45) is 5.73 Å². The van der Waals surface area contributed by atoms with Gasteiger partial charge in [-0.2, -0.15) is 0 Å². The zero-order chi connectivity index (χ0) is 15.4. The van der Waals surface area contributed by atoms with Crippen LogP contribution in [-0.2, 0) is 11.2 Å². The quantitative estimate of drug-likeness (QED) is 0.552. The minimum absolute atomic E-state index is 0.0157. The number of ether oxygens (including phenoxy) is 1. The van der Waals surface area contributed by atoms with Gasteiger partial charge in [-0.1, -0.05) is 13.0 Å². The van der Waals surface area contributed by atoms with Crippen LogP contribution in [0.5, 0.6) is 5.75 Å². The number of nitro benzene ring substituents is 1. The van der Waals surface area contributed by atoms with Crippen LogP contribution in [0.1, 0.15) is 25.3 Å². The highest BCUT2D eigenvalue weighted by molar-refractivity contribution is 5.80. The van der Waals surface area contributed by atoms with Gasteiger partial charge in [-0.05, 0) is 30.9 Å². The standard InChI is InChI=1S/C14H19N3O4/c1-2-9-3-6-13(12(7-9)17(19)20)21-8-11(14(15)18)16-10-4-5-10/h3,6-7,10-11,16H,2,4-5,8H2,1H3,(H2,15,18). The van der Waals surface area contributed by atoms with Crippen LogP contribution in [0.3, 0.4) is 0 Å². The number of carbonyl (C=O) groups is 1. The first-order valence-electron chi connectivity index (χ1n) is 6.96. The molecule has 7 heteroatoms. The number of nitrogens with two attached hydrogens (primary N) is 1. The summed E-state index contributed by atoms with van der Waals surface area (Å²) in [6.07, 6.45) is 2.72. The maximum atomic E-state index is 11.3. The number of benzene rings is 1. The van der Waals surface area contributed by atoms with E-state index in [2.05, 4.69) is 5.32 Å². The normalized spacial score (nSPS) is 15.5. The Morgan fingerprint density at radius 3 is 2.81 bits per heavy atom. The van der Waals surface area contributed by atoms with Gasteiger partial charge in [-0.15, -0.1) is 0 Å². The Morgan fingerprint density at radius 1 is 1.57 bits per heavy atom. The van der Waals surface area contributed by atoms with Crippen molar-refractivity contribution >= 4 is 11.6 Å². The first kappa shape index (κ1) is 15.2. The van der Waals surface area contributed by atoms with E-state index in [0.29, 0.717) is 12.5 Å². The molecule has 1 aliphatic rings. The van der Waals surface area contributed by atoms with Crippen molar-refractivity contribution in [2.45, 2.75) is 38.3 Å². The topological polar surface area (TPSA) is 107 Å². The second-order valence-electron chi connectivity index (χ2n) is 5.12. The van der Waals surface area contributed by atoms with Gasteiger partial charge in [0.1, 0.15) is 12.6 Å². The number of aryl methyl sites for hydroxylation is 1. The number of amides is 1. The molecule has 1 aliphatic carbocycles.